The van der Waals surface area contributed by atoms with Crippen molar-refractivity contribution in [2.24, 2.45) is 11.8 Å². The highest BCUT2D eigenvalue weighted by Crippen LogP contribution is 2.39. The standard InChI is InChI=1S/C16H27N3/c1-3-10-17-15(16-18-11-7-12-19-16)14-9-6-5-8-13(14)4-2/h7,11-15,17H,3-6,8-10H2,1-2H3. The molecule has 0 aliphatic heterocycles. The fraction of sp³-hybridized carbons (Fsp3) is 0.750. The molecule has 1 aromatic heterocycles. The molecular weight excluding hydrogens is 234 g/mol. The van der Waals surface area contributed by atoms with Gasteiger partial charge < -0.3 is 5.32 Å². The van der Waals surface area contributed by atoms with Crippen LogP contribution < -0.4 is 5.32 Å². The van der Waals surface area contributed by atoms with E-state index in [-0.39, 0.29) is 0 Å². The van der Waals surface area contributed by atoms with Crippen molar-refractivity contribution in [2.45, 2.75) is 58.4 Å². The van der Waals surface area contributed by atoms with Crippen LogP contribution in [0.1, 0.15) is 64.2 Å². The second-order valence-electron chi connectivity index (χ2n) is 5.66. The van der Waals surface area contributed by atoms with E-state index in [0.29, 0.717) is 12.0 Å². The van der Waals surface area contributed by atoms with Gasteiger partial charge in [-0.15, -0.1) is 0 Å². The molecule has 1 aliphatic carbocycles. The van der Waals surface area contributed by atoms with Crippen LogP contribution in [0.3, 0.4) is 0 Å². The molecule has 0 radical (unpaired) electrons. The first-order valence-corrected chi connectivity index (χ1v) is 7.87. The zero-order valence-electron chi connectivity index (χ0n) is 12.3. The second kappa shape index (κ2) is 7.59. The molecule has 19 heavy (non-hydrogen) atoms. The molecule has 3 nitrogen and oxygen atoms in total. The molecule has 1 aliphatic rings. The number of rotatable bonds is 6. The van der Waals surface area contributed by atoms with Crippen molar-refractivity contribution in [3.05, 3.63) is 24.3 Å². The summed E-state index contributed by atoms with van der Waals surface area (Å²) in [5, 5.41) is 3.69. The summed E-state index contributed by atoms with van der Waals surface area (Å²) >= 11 is 0. The Bertz CT molecular complexity index is 352. The fourth-order valence-electron chi connectivity index (χ4n) is 3.39. The minimum atomic E-state index is 0.339. The Hall–Kier alpha value is -0.960. The van der Waals surface area contributed by atoms with Gasteiger partial charge in [0.1, 0.15) is 5.82 Å². The topological polar surface area (TPSA) is 37.8 Å². The zero-order valence-corrected chi connectivity index (χ0v) is 12.3. The molecule has 1 fully saturated rings. The monoisotopic (exact) mass is 261 g/mol. The average molecular weight is 261 g/mol. The molecule has 0 spiro atoms. The van der Waals surface area contributed by atoms with Crippen molar-refractivity contribution in [1.29, 1.82) is 0 Å². The van der Waals surface area contributed by atoms with Gasteiger partial charge >= 0.3 is 0 Å². The first kappa shape index (κ1) is 14.4. The van der Waals surface area contributed by atoms with Crippen LogP contribution in [0.15, 0.2) is 18.5 Å². The molecule has 106 valence electrons. The Morgan fingerprint density at radius 1 is 1.21 bits per heavy atom. The molecule has 1 N–H and O–H groups in total. The van der Waals surface area contributed by atoms with Crippen molar-refractivity contribution in [3.63, 3.8) is 0 Å². The molecule has 3 heteroatoms. The molecule has 2 rings (SSSR count). The first-order chi connectivity index (χ1) is 9.36. The third kappa shape index (κ3) is 3.75. The quantitative estimate of drug-likeness (QED) is 0.848. The Morgan fingerprint density at radius 2 is 1.95 bits per heavy atom. The van der Waals surface area contributed by atoms with Gasteiger partial charge in [-0.3, -0.25) is 0 Å². The number of hydrogen-bond donors (Lipinski definition) is 1. The summed E-state index contributed by atoms with van der Waals surface area (Å²) in [5.74, 6) is 2.51. The Labute approximate surface area is 117 Å². The fourth-order valence-corrected chi connectivity index (χ4v) is 3.39. The van der Waals surface area contributed by atoms with Gasteiger partial charge in [0.2, 0.25) is 0 Å². The molecule has 3 unspecified atom stereocenters. The summed E-state index contributed by atoms with van der Waals surface area (Å²) in [6.07, 6.45) is 11.6. The maximum absolute atomic E-state index is 4.50. The van der Waals surface area contributed by atoms with Gasteiger partial charge in [-0.25, -0.2) is 9.97 Å². The van der Waals surface area contributed by atoms with E-state index < -0.39 is 0 Å². The molecule has 1 aromatic rings. The lowest BCUT2D eigenvalue weighted by Gasteiger charge is -2.36. The van der Waals surface area contributed by atoms with Crippen molar-refractivity contribution >= 4 is 0 Å². The lowest BCUT2D eigenvalue weighted by atomic mass is 9.73. The predicted octanol–water partition coefficient (Wildman–Crippen LogP) is 3.73. The molecule has 0 aromatic carbocycles. The highest BCUT2D eigenvalue weighted by molar-refractivity contribution is 5.00. The van der Waals surface area contributed by atoms with Gasteiger partial charge in [0, 0.05) is 12.4 Å². The van der Waals surface area contributed by atoms with Gasteiger partial charge in [-0.05, 0) is 37.3 Å². The van der Waals surface area contributed by atoms with Crippen LogP contribution in [-0.4, -0.2) is 16.5 Å². The van der Waals surface area contributed by atoms with E-state index in [1.54, 1.807) is 0 Å². The Kier molecular flexibility index (Phi) is 5.77. The zero-order chi connectivity index (χ0) is 13.5. The molecular formula is C16H27N3. The smallest absolute Gasteiger partial charge is 0.145 e. The van der Waals surface area contributed by atoms with E-state index >= 15 is 0 Å². The van der Waals surface area contributed by atoms with Crippen molar-refractivity contribution in [1.82, 2.24) is 15.3 Å². The van der Waals surface area contributed by atoms with Crippen molar-refractivity contribution in [2.75, 3.05) is 6.54 Å². The van der Waals surface area contributed by atoms with Crippen LogP contribution in [0.4, 0.5) is 0 Å². The van der Waals surface area contributed by atoms with Crippen LogP contribution in [-0.2, 0) is 0 Å². The average Bonchev–Trinajstić information content (AvgIpc) is 2.49. The summed E-state index contributed by atoms with van der Waals surface area (Å²) in [7, 11) is 0. The first-order valence-electron chi connectivity index (χ1n) is 7.87. The summed E-state index contributed by atoms with van der Waals surface area (Å²) in [5.41, 5.74) is 0. The van der Waals surface area contributed by atoms with E-state index in [9.17, 15) is 0 Å². The molecule has 0 bridgehead atoms. The molecule has 0 saturated heterocycles. The molecule has 1 heterocycles. The number of hydrogen-bond acceptors (Lipinski definition) is 3. The third-order valence-electron chi connectivity index (χ3n) is 4.40. The minimum absolute atomic E-state index is 0.339. The van der Waals surface area contributed by atoms with Gasteiger partial charge in [0.15, 0.2) is 0 Å². The van der Waals surface area contributed by atoms with Gasteiger partial charge in [0.05, 0.1) is 6.04 Å². The lowest BCUT2D eigenvalue weighted by Crippen LogP contribution is -2.36. The summed E-state index contributed by atoms with van der Waals surface area (Å²) in [6.45, 7) is 5.59. The number of aromatic nitrogens is 2. The van der Waals surface area contributed by atoms with Crippen LogP contribution in [0.2, 0.25) is 0 Å². The van der Waals surface area contributed by atoms with Crippen molar-refractivity contribution < 1.29 is 0 Å². The van der Waals surface area contributed by atoms with E-state index in [1.165, 1.54) is 32.1 Å². The highest BCUT2D eigenvalue weighted by atomic mass is 15.0. The van der Waals surface area contributed by atoms with E-state index in [1.807, 2.05) is 18.5 Å². The summed E-state index contributed by atoms with van der Waals surface area (Å²) in [6, 6.07) is 2.24. The van der Waals surface area contributed by atoms with Gasteiger partial charge in [-0.2, -0.15) is 0 Å². The van der Waals surface area contributed by atoms with Gasteiger partial charge in [-0.1, -0.05) is 39.5 Å². The molecule has 0 amide bonds. The summed E-state index contributed by atoms with van der Waals surface area (Å²) < 4.78 is 0. The number of nitrogens with zero attached hydrogens (tertiary/aromatic N) is 2. The van der Waals surface area contributed by atoms with Crippen molar-refractivity contribution in [3.8, 4) is 0 Å². The lowest BCUT2D eigenvalue weighted by molar-refractivity contribution is 0.170. The normalized spacial score (nSPS) is 25.2. The minimum Gasteiger partial charge on any atom is -0.307 e. The maximum Gasteiger partial charge on any atom is 0.145 e. The van der Waals surface area contributed by atoms with Gasteiger partial charge in [0.25, 0.3) is 0 Å². The third-order valence-corrected chi connectivity index (χ3v) is 4.40. The summed E-state index contributed by atoms with van der Waals surface area (Å²) in [4.78, 5) is 9.00. The highest BCUT2D eigenvalue weighted by Gasteiger charge is 2.32. The van der Waals surface area contributed by atoms with E-state index in [2.05, 4.69) is 29.1 Å². The van der Waals surface area contributed by atoms with Crippen LogP contribution >= 0.6 is 0 Å². The molecule has 3 atom stereocenters. The van der Waals surface area contributed by atoms with Crippen LogP contribution in [0.25, 0.3) is 0 Å². The Balaban J connectivity index is 2.16. The second-order valence-corrected chi connectivity index (χ2v) is 5.66. The van der Waals surface area contributed by atoms with E-state index in [0.717, 1.165) is 24.7 Å². The largest absolute Gasteiger partial charge is 0.307 e. The Morgan fingerprint density at radius 3 is 2.63 bits per heavy atom. The van der Waals surface area contributed by atoms with Crippen LogP contribution in [0, 0.1) is 11.8 Å². The van der Waals surface area contributed by atoms with E-state index in [4.69, 9.17) is 0 Å². The molecule has 1 saturated carbocycles. The number of nitrogens with one attached hydrogen (secondary N) is 1. The maximum atomic E-state index is 4.50. The predicted molar refractivity (Wildman–Crippen MR) is 78.8 cm³/mol. The van der Waals surface area contributed by atoms with Crippen LogP contribution in [0.5, 0.6) is 0 Å². The SMILES string of the molecule is CCCNC(c1ncccn1)C1CCCCC1CC.